The fourth-order valence-electron chi connectivity index (χ4n) is 3.25. The largest absolute Gasteiger partial charge is 0.375 e. The fourth-order valence-corrected chi connectivity index (χ4v) is 3.25. The summed E-state index contributed by atoms with van der Waals surface area (Å²) in [6.07, 6.45) is 4.42. The van der Waals surface area contributed by atoms with Gasteiger partial charge in [0.15, 0.2) is 0 Å². The van der Waals surface area contributed by atoms with Crippen molar-refractivity contribution >= 4 is 5.91 Å². The minimum absolute atomic E-state index is 0.0770. The van der Waals surface area contributed by atoms with E-state index in [1.807, 2.05) is 11.0 Å². The molecule has 0 radical (unpaired) electrons. The topological polar surface area (TPSA) is 29.5 Å². The highest BCUT2D eigenvalue weighted by molar-refractivity contribution is 5.76. The summed E-state index contributed by atoms with van der Waals surface area (Å²) in [6.45, 7) is 2.01. The first-order valence-corrected chi connectivity index (χ1v) is 7.33. The van der Waals surface area contributed by atoms with Gasteiger partial charge in [0.25, 0.3) is 0 Å². The van der Waals surface area contributed by atoms with Crippen LogP contribution in [0.3, 0.4) is 0 Å². The Morgan fingerprint density at radius 3 is 2.95 bits per heavy atom. The van der Waals surface area contributed by atoms with Crippen LogP contribution < -0.4 is 0 Å². The molecule has 0 bridgehead atoms. The Kier molecular flexibility index (Phi) is 3.74. The molecule has 108 valence electrons. The molecule has 1 aromatic rings. The van der Waals surface area contributed by atoms with Gasteiger partial charge < -0.3 is 9.64 Å². The summed E-state index contributed by atoms with van der Waals surface area (Å²) in [6, 6.07) is 6.48. The van der Waals surface area contributed by atoms with Crippen LogP contribution in [0.4, 0.5) is 4.39 Å². The summed E-state index contributed by atoms with van der Waals surface area (Å²) in [7, 11) is 0. The predicted molar refractivity (Wildman–Crippen MR) is 73.6 cm³/mol. The fraction of sp³-hybridized carbons (Fsp3) is 0.562. The maximum atomic E-state index is 13.2. The van der Waals surface area contributed by atoms with E-state index in [4.69, 9.17) is 4.74 Å². The average molecular weight is 277 g/mol. The van der Waals surface area contributed by atoms with Crippen LogP contribution in [0.25, 0.3) is 0 Å². The molecule has 2 fully saturated rings. The highest BCUT2D eigenvalue weighted by atomic mass is 19.1. The van der Waals surface area contributed by atoms with Gasteiger partial charge in [-0.05, 0) is 43.4 Å². The molecule has 0 unspecified atom stereocenters. The molecule has 0 aromatic heterocycles. The van der Waals surface area contributed by atoms with E-state index in [1.54, 1.807) is 6.07 Å². The molecular weight excluding hydrogens is 257 g/mol. The zero-order valence-electron chi connectivity index (χ0n) is 11.6. The molecule has 2 heterocycles. The van der Waals surface area contributed by atoms with Crippen molar-refractivity contribution in [2.45, 2.75) is 44.2 Å². The molecule has 3 nitrogen and oxygen atoms in total. The number of halogens is 1. The molecule has 0 saturated carbocycles. The quantitative estimate of drug-likeness (QED) is 0.832. The highest BCUT2D eigenvalue weighted by Crippen LogP contribution is 2.36. The molecular formula is C16H20FNO2. The average Bonchev–Trinajstić information content (AvgIpc) is 2.84. The zero-order chi connectivity index (χ0) is 14.0. The van der Waals surface area contributed by atoms with Crippen LogP contribution >= 0.6 is 0 Å². The summed E-state index contributed by atoms with van der Waals surface area (Å²) in [4.78, 5) is 14.1. The number of ether oxygens (including phenoxy) is 1. The Morgan fingerprint density at radius 2 is 2.20 bits per heavy atom. The lowest BCUT2D eigenvalue weighted by Gasteiger charge is -2.26. The third-order valence-corrected chi connectivity index (χ3v) is 4.43. The second-order valence-electron chi connectivity index (χ2n) is 5.83. The van der Waals surface area contributed by atoms with Crippen molar-refractivity contribution in [3.63, 3.8) is 0 Å². The number of amides is 1. The van der Waals surface area contributed by atoms with E-state index in [9.17, 15) is 9.18 Å². The molecule has 2 saturated heterocycles. The highest BCUT2D eigenvalue weighted by Gasteiger charge is 2.38. The second kappa shape index (κ2) is 5.52. The number of likely N-dealkylation sites (tertiary alicyclic amines) is 1. The second-order valence-corrected chi connectivity index (χ2v) is 5.83. The smallest absolute Gasteiger partial charge is 0.222 e. The number of nitrogens with zero attached hydrogens (tertiary/aromatic N) is 1. The minimum atomic E-state index is -0.250. The van der Waals surface area contributed by atoms with Gasteiger partial charge in [-0.3, -0.25) is 4.79 Å². The summed E-state index contributed by atoms with van der Waals surface area (Å²) in [5.74, 6) is -0.0954. The predicted octanol–water partition coefficient (Wildman–Crippen LogP) is 2.89. The van der Waals surface area contributed by atoms with Crippen LogP contribution in [0.1, 0.15) is 37.7 Å². The van der Waals surface area contributed by atoms with Crippen LogP contribution in [-0.4, -0.2) is 29.6 Å². The van der Waals surface area contributed by atoms with E-state index >= 15 is 0 Å². The first kappa shape index (κ1) is 13.6. The lowest BCUT2D eigenvalue weighted by atomic mass is 9.92. The van der Waals surface area contributed by atoms with Crippen LogP contribution in [0, 0.1) is 5.82 Å². The van der Waals surface area contributed by atoms with Crippen LogP contribution in [0.5, 0.6) is 0 Å². The van der Waals surface area contributed by atoms with E-state index in [0.29, 0.717) is 19.5 Å². The number of benzene rings is 1. The normalized spacial score (nSPS) is 27.1. The van der Waals surface area contributed by atoms with E-state index in [0.717, 1.165) is 37.9 Å². The van der Waals surface area contributed by atoms with Gasteiger partial charge in [0.2, 0.25) is 5.91 Å². The third kappa shape index (κ3) is 2.85. The standard InChI is InChI=1S/C16H20FNO2/c17-14-4-1-3-13(11-14)12-18-9-8-16(6-2-10-20-16)7-5-15(18)19/h1,3-4,11H,2,5-10,12H2/t16-/m0/s1. The maximum absolute atomic E-state index is 13.2. The third-order valence-electron chi connectivity index (χ3n) is 4.43. The van der Waals surface area contributed by atoms with Crippen molar-refractivity contribution in [1.82, 2.24) is 4.90 Å². The molecule has 3 rings (SSSR count). The summed E-state index contributed by atoms with van der Waals surface area (Å²) in [5.41, 5.74) is 0.772. The Hall–Kier alpha value is -1.42. The Bertz CT molecular complexity index is 497. The van der Waals surface area contributed by atoms with Gasteiger partial charge in [-0.2, -0.15) is 0 Å². The van der Waals surface area contributed by atoms with Crippen LogP contribution in [-0.2, 0) is 16.1 Å². The number of hydrogen-bond acceptors (Lipinski definition) is 2. The van der Waals surface area contributed by atoms with Crippen LogP contribution in [0.2, 0.25) is 0 Å². The zero-order valence-corrected chi connectivity index (χ0v) is 11.6. The Morgan fingerprint density at radius 1 is 1.30 bits per heavy atom. The van der Waals surface area contributed by atoms with E-state index in [1.165, 1.54) is 12.1 Å². The summed E-state index contributed by atoms with van der Waals surface area (Å²) >= 11 is 0. The van der Waals surface area contributed by atoms with Gasteiger partial charge in [-0.15, -0.1) is 0 Å². The van der Waals surface area contributed by atoms with Crippen LogP contribution in [0.15, 0.2) is 24.3 Å². The van der Waals surface area contributed by atoms with Gasteiger partial charge >= 0.3 is 0 Å². The lowest BCUT2D eigenvalue weighted by Crippen LogP contribution is -2.32. The van der Waals surface area contributed by atoms with Gasteiger partial charge in [0.05, 0.1) is 5.60 Å². The van der Waals surface area contributed by atoms with Crippen molar-refractivity contribution in [3.8, 4) is 0 Å². The van der Waals surface area contributed by atoms with Crippen molar-refractivity contribution in [1.29, 1.82) is 0 Å². The molecule has 1 spiro atoms. The number of carbonyl (C=O) groups excluding carboxylic acids is 1. The lowest BCUT2D eigenvalue weighted by molar-refractivity contribution is -0.131. The van der Waals surface area contributed by atoms with Gasteiger partial charge in [0, 0.05) is 26.1 Å². The van der Waals surface area contributed by atoms with Crippen molar-refractivity contribution in [3.05, 3.63) is 35.6 Å². The SMILES string of the molecule is O=C1CC[C@@]2(CCCO2)CCN1Cc1cccc(F)c1. The van der Waals surface area contributed by atoms with Crippen molar-refractivity contribution in [2.24, 2.45) is 0 Å². The van der Waals surface area contributed by atoms with Gasteiger partial charge in [-0.1, -0.05) is 12.1 Å². The molecule has 4 heteroatoms. The van der Waals surface area contributed by atoms with Crippen molar-refractivity contribution in [2.75, 3.05) is 13.2 Å². The molecule has 1 amide bonds. The van der Waals surface area contributed by atoms with Gasteiger partial charge in [0.1, 0.15) is 5.82 Å². The maximum Gasteiger partial charge on any atom is 0.222 e. The molecule has 0 N–H and O–H groups in total. The Balaban J connectivity index is 1.69. The van der Waals surface area contributed by atoms with E-state index in [2.05, 4.69) is 0 Å². The first-order chi connectivity index (χ1) is 9.67. The molecule has 1 atom stereocenters. The van der Waals surface area contributed by atoms with Crippen molar-refractivity contribution < 1.29 is 13.9 Å². The molecule has 2 aliphatic rings. The summed E-state index contributed by atoms with van der Waals surface area (Å²) < 4.78 is 19.1. The molecule has 20 heavy (non-hydrogen) atoms. The van der Waals surface area contributed by atoms with E-state index < -0.39 is 0 Å². The summed E-state index contributed by atoms with van der Waals surface area (Å²) in [5, 5.41) is 0. The minimum Gasteiger partial charge on any atom is -0.375 e. The Labute approximate surface area is 118 Å². The first-order valence-electron chi connectivity index (χ1n) is 7.33. The number of hydrogen-bond donors (Lipinski definition) is 0. The number of rotatable bonds is 2. The number of carbonyl (C=O) groups is 1. The van der Waals surface area contributed by atoms with Gasteiger partial charge in [-0.25, -0.2) is 4.39 Å². The molecule has 1 aromatic carbocycles. The van der Waals surface area contributed by atoms with E-state index in [-0.39, 0.29) is 17.3 Å². The molecule has 0 aliphatic carbocycles. The monoisotopic (exact) mass is 277 g/mol. The molecule has 2 aliphatic heterocycles.